The van der Waals surface area contributed by atoms with E-state index in [9.17, 15) is 4.79 Å². The predicted octanol–water partition coefficient (Wildman–Crippen LogP) is 1.08. The number of nitrogens with two attached hydrogens (primary N) is 1. The van der Waals surface area contributed by atoms with Gasteiger partial charge in [-0.15, -0.1) is 0 Å². The number of nitrogens with zero attached hydrogens (tertiary/aromatic N) is 2. The van der Waals surface area contributed by atoms with Crippen molar-refractivity contribution in [3.63, 3.8) is 0 Å². The van der Waals surface area contributed by atoms with Gasteiger partial charge in [0.25, 0.3) is 5.91 Å². The minimum absolute atomic E-state index is 0.0415. The lowest BCUT2D eigenvalue weighted by Gasteiger charge is -2.25. The van der Waals surface area contributed by atoms with Crippen molar-refractivity contribution in [3.05, 3.63) is 30.1 Å². The van der Waals surface area contributed by atoms with Crippen LogP contribution in [-0.2, 0) is 16.1 Å². The molecule has 5 nitrogen and oxygen atoms in total. The van der Waals surface area contributed by atoms with Gasteiger partial charge >= 0.3 is 0 Å². The summed E-state index contributed by atoms with van der Waals surface area (Å²) in [5, 5.41) is 0. The van der Waals surface area contributed by atoms with E-state index in [1.807, 2.05) is 23.1 Å². The number of hydrogen-bond acceptors (Lipinski definition) is 4. The third kappa shape index (κ3) is 2.99. The van der Waals surface area contributed by atoms with Gasteiger partial charge in [0.15, 0.2) is 0 Å². The number of hydrogen-bond donors (Lipinski definition) is 1. The van der Waals surface area contributed by atoms with Crippen LogP contribution in [0.15, 0.2) is 24.4 Å². The number of aromatic nitrogens is 1. The number of rotatable bonds is 5. The topological polar surface area (TPSA) is 68.5 Å². The third-order valence-corrected chi connectivity index (χ3v) is 3.98. The molecule has 3 rings (SSSR count). The van der Waals surface area contributed by atoms with E-state index in [2.05, 4.69) is 4.98 Å². The lowest BCUT2D eigenvalue weighted by molar-refractivity contribution is -0.144. The molecule has 2 atom stereocenters. The zero-order chi connectivity index (χ0) is 13.9. The first-order valence-corrected chi connectivity index (χ1v) is 7.34. The number of pyridine rings is 1. The van der Waals surface area contributed by atoms with Crippen LogP contribution in [0, 0.1) is 0 Å². The quantitative estimate of drug-likeness (QED) is 0.873. The molecule has 1 aromatic heterocycles. The van der Waals surface area contributed by atoms with Crippen molar-refractivity contribution in [2.75, 3.05) is 6.54 Å². The average Bonchev–Trinajstić information content (AvgIpc) is 3.21. The van der Waals surface area contributed by atoms with Gasteiger partial charge in [0.05, 0.1) is 18.3 Å². The Bertz CT molecular complexity index is 461. The van der Waals surface area contributed by atoms with Crippen LogP contribution in [0.4, 0.5) is 0 Å². The Morgan fingerprint density at radius 3 is 2.80 bits per heavy atom. The molecule has 0 aromatic carbocycles. The highest BCUT2D eigenvalue weighted by molar-refractivity contribution is 5.81. The predicted molar refractivity (Wildman–Crippen MR) is 74.8 cm³/mol. The molecule has 2 fully saturated rings. The van der Waals surface area contributed by atoms with Crippen LogP contribution in [0.2, 0.25) is 0 Å². The Labute approximate surface area is 119 Å². The lowest BCUT2D eigenvalue weighted by atomic mass is 10.1. The largest absolute Gasteiger partial charge is 0.364 e. The van der Waals surface area contributed by atoms with Crippen molar-refractivity contribution < 1.29 is 9.53 Å². The van der Waals surface area contributed by atoms with Crippen molar-refractivity contribution in [2.45, 2.75) is 50.5 Å². The van der Waals surface area contributed by atoms with Gasteiger partial charge in [-0.05, 0) is 37.8 Å². The molecule has 1 saturated carbocycles. The van der Waals surface area contributed by atoms with Crippen molar-refractivity contribution in [3.8, 4) is 0 Å². The van der Waals surface area contributed by atoms with E-state index < -0.39 is 0 Å². The molecule has 5 heteroatoms. The van der Waals surface area contributed by atoms with Crippen LogP contribution in [-0.4, -0.2) is 40.6 Å². The molecule has 20 heavy (non-hydrogen) atoms. The zero-order valence-electron chi connectivity index (χ0n) is 11.6. The highest BCUT2D eigenvalue weighted by Crippen LogP contribution is 2.31. The molecule has 1 aliphatic heterocycles. The van der Waals surface area contributed by atoms with E-state index in [1.54, 1.807) is 6.20 Å². The summed E-state index contributed by atoms with van der Waals surface area (Å²) in [7, 11) is 0. The van der Waals surface area contributed by atoms with E-state index >= 15 is 0 Å². The fourth-order valence-corrected chi connectivity index (χ4v) is 2.69. The summed E-state index contributed by atoms with van der Waals surface area (Å²) in [6.45, 7) is 1.07. The van der Waals surface area contributed by atoms with Crippen LogP contribution in [0.3, 0.4) is 0 Å². The summed E-state index contributed by atoms with van der Waals surface area (Å²) in [5.41, 5.74) is 6.54. The van der Waals surface area contributed by atoms with Gasteiger partial charge in [-0.25, -0.2) is 0 Å². The van der Waals surface area contributed by atoms with Crippen LogP contribution in [0.5, 0.6) is 0 Å². The molecule has 2 unspecified atom stereocenters. The molecule has 108 valence electrons. The fourth-order valence-electron chi connectivity index (χ4n) is 2.69. The van der Waals surface area contributed by atoms with E-state index in [-0.39, 0.29) is 18.1 Å². The molecule has 1 aromatic rings. The highest BCUT2D eigenvalue weighted by atomic mass is 16.5. The van der Waals surface area contributed by atoms with Gasteiger partial charge in [-0.3, -0.25) is 9.78 Å². The summed E-state index contributed by atoms with van der Waals surface area (Å²) >= 11 is 0. The molecule has 0 spiro atoms. The molecular formula is C15H21N3O2. The maximum absolute atomic E-state index is 12.6. The molecular weight excluding hydrogens is 254 g/mol. The first kappa shape index (κ1) is 13.5. The van der Waals surface area contributed by atoms with Crippen LogP contribution in [0.1, 0.15) is 31.4 Å². The second-order valence-corrected chi connectivity index (χ2v) is 5.58. The molecule has 0 radical (unpaired) electrons. The highest BCUT2D eigenvalue weighted by Gasteiger charge is 2.39. The minimum atomic E-state index is -0.312. The fraction of sp³-hybridized carbons (Fsp3) is 0.600. The zero-order valence-corrected chi connectivity index (χ0v) is 11.6. The maximum Gasteiger partial charge on any atom is 0.252 e. The molecule has 2 N–H and O–H groups in total. The monoisotopic (exact) mass is 275 g/mol. The van der Waals surface area contributed by atoms with Crippen molar-refractivity contribution in [2.24, 2.45) is 5.73 Å². The Balaban J connectivity index is 1.66. The Morgan fingerprint density at radius 2 is 2.20 bits per heavy atom. The summed E-state index contributed by atoms with van der Waals surface area (Å²) in [5.74, 6) is 0.106. The maximum atomic E-state index is 12.6. The average molecular weight is 275 g/mol. The molecule has 1 amide bonds. The van der Waals surface area contributed by atoms with Crippen molar-refractivity contribution in [1.82, 2.24) is 9.88 Å². The first-order chi connectivity index (χ1) is 9.78. The Kier molecular flexibility index (Phi) is 3.98. The lowest BCUT2D eigenvalue weighted by Crippen LogP contribution is -2.40. The second-order valence-electron chi connectivity index (χ2n) is 5.58. The van der Waals surface area contributed by atoms with Crippen molar-refractivity contribution in [1.29, 1.82) is 0 Å². The standard InChI is InChI=1S/C15H21N3O2/c16-9-13-6-7-14(20-13)15(19)18(12-4-5-12)10-11-3-1-2-8-17-11/h1-3,8,12-14H,4-7,9-10,16H2. The van der Waals surface area contributed by atoms with Gasteiger partial charge in [0, 0.05) is 18.8 Å². The number of ether oxygens (including phenoxy) is 1. The summed E-state index contributed by atoms with van der Waals surface area (Å²) < 4.78 is 5.73. The third-order valence-electron chi connectivity index (χ3n) is 3.98. The SMILES string of the molecule is NCC1CCC(C(=O)N(Cc2ccccn2)C2CC2)O1. The first-order valence-electron chi connectivity index (χ1n) is 7.34. The molecule has 1 aliphatic carbocycles. The number of carbonyl (C=O) groups is 1. The van der Waals surface area contributed by atoms with E-state index in [1.165, 1.54) is 0 Å². The smallest absolute Gasteiger partial charge is 0.252 e. The Hall–Kier alpha value is -1.46. The second kappa shape index (κ2) is 5.89. The molecule has 1 saturated heterocycles. The molecule has 2 heterocycles. The van der Waals surface area contributed by atoms with Crippen LogP contribution < -0.4 is 5.73 Å². The van der Waals surface area contributed by atoms with Gasteiger partial charge in [0.1, 0.15) is 6.10 Å². The van der Waals surface area contributed by atoms with E-state index in [0.29, 0.717) is 19.1 Å². The molecule has 2 aliphatic rings. The molecule has 0 bridgehead atoms. The summed E-state index contributed by atoms with van der Waals surface area (Å²) in [4.78, 5) is 18.9. The van der Waals surface area contributed by atoms with Crippen molar-refractivity contribution >= 4 is 5.91 Å². The van der Waals surface area contributed by atoms with Gasteiger partial charge in [-0.1, -0.05) is 6.07 Å². The Morgan fingerprint density at radius 1 is 1.35 bits per heavy atom. The van der Waals surface area contributed by atoms with Gasteiger partial charge in [0.2, 0.25) is 0 Å². The minimum Gasteiger partial charge on any atom is -0.364 e. The van der Waals surface area contributed by atoms with Gasteiger partial charge in [-0.2, -0.15) is 0 Å². The number of amides is 1. The van der Waals surface area contributed by atoms with E-state index in [0.717, 1.165) is 31.4 Å². The van der Waals surface area contributed by atoms with Crippen LogP contribution >= 0.6 is 0 Å². The van der Waals surface area contributed by atoms with Gasteiger partial charge < -0.3 is 15.4 Å². The van der Waals surface area contributed by atoms with Crippen LogP contribution in [0.25, 0.3) is 0 Å². The van der Waals surface area contributed by atoms with E-state index in [4.69, 9.17) is 10.5 Å². The summed E-state index contributed by atoms with van der Waals surface area (Å²) in [6, 6.07) is 6.17. The normalized spacial score (nSPS) is 25.6. The summed E-state index contributed by atoms with van der Waals surface area (Å²) in [6.07, 6.45) is 5.34. The number of carbonyl (C=O) groups excluding carboxylic acids is 1.